The molecule has 0 amide bonds. The molecule has 0 aromatic carbocycles. The van der Waals surface area contributed by atoms with Crippen molar-refractivity contribution >= 4 is 0 Å². The first-order valence-electron chi connectivity index (χ1n) is 2.66. The highest BCUT2D eigenvalue weighted by molar-refractivity contribution is 4.44. The number of hydrogen-bond acceptors (Lipinski definition) is 3. The Morgan fingerprint density at radius 1 is 1.25 bits per heavy atom. The van der Waals surface area contributed by atoms with Gasteiger partial charge in [-0.3, -0.25) is 0 Å². The van der Waals surface area contributed by atoms with Crippen LogP contribution in [-0.2, 0) is 14.2 Å². The maximum Gasteiger partial charge on any atom is 0.150 e. The molecule has 0 bridgehead atoms. The molecule has 0 radical (unpaired) electrons. The lowest BCUT2D eigenvalue weighted by molar-refractivity contribution is -0.0838. The van der Waals surface area contributed by atoms with Crippen molar-refractivity contribution in [3.05, 3.63) is 0 Å². The van der Waals surface area contributed by atoms with Crippen molar-refractivity contribution < 1.29 is 14.2 Å². The van der Waals surface area contributed by atoms with E-state index in [-0.39, 0.29) is 6.10 Å². The third-order valence-corrected chi connectivity index (χ3v) is 0.955. The molecule has 1 fully saturated rings. The second kappa shape index (κ2) is 3.02. The minimum atomic E-state index is 0.178. The van der Waals surface area contributed by atoms with E-state index in [1.165, 1.54) is 0 Å². The third-order valence-electron chi connectivity index (χ3n) is 0.955. The first-order valence-corrected chi connectivity index (χ1v) is 2.66. The summed E-state index contributed by atoms with van der Waals surface area (Å²) >= 11 is 0. The van der Waals surface area contributed by atoms with Crippen LogP contribution in [0.5, 0.6) is 0 Å². The Balaban J connectivity index is 2.17. The average Bonchev–Trinajstić information content (AvgIpc) is 1.94. The van der Waals surface area contributed by atoms with Gasteiger partial charge in [-0.2, -0.15) is 0 Å². The van der Waals surface area contributed by atoms with E-state index in [0.29, 0.717) is 20.2 Å². The lowest BCUT2D eigenvalue weighted by Gasteiger charge is -2.03. The topological polar surface area (TPSA) is 27.7 Å². The highest BCUT2D eigenvalue weighted by Gasteiger charge is 2.05. The maximum atomic E-state index is 5.06. The fourth-order valence-corrected chi connectivity index (χ4v) is 0.519. The summed E-state index contributed by atoms with van der Waals surface area (Å²) in [7, 11) is 0. The molecule has 48 valence electrons. The van der Waals surface area contributed by atoms with Crippen molar-refractivity contribution in [3.63, 3.8) is 0 Å². The van der Waals surface area contributed by atoms with E-state index in [2.05, 4.69) is 0 Å². The molecule has 0 saturated carbocycles. The normalized spacial score (nSPS) is 31.9. The summed E-state index contributed by atoms with van der Waals surface area (Å²) in [6.07, 6.45) is 0.178. The van der Waals surface area contributed by atoms with E-state index in [0.717, 1.165) is 0 Å². The van der Waals surface area contributed by atoms with Crippen LogP contribution in [0, 0.1) is 0 Å². The van der Waals surface area contributed by atoms with Crippen LogP contribution in [-0.4, -0.2) is 26.3 Å². The van der Waals surface area contributed by atoms with Gasteiger partial charge in [-0.15, -0.1) is 0 Å². The molecule has 3 nitrogen and oxygen atoms in total. The van der Waals surface area contributed by atoms with Crippen molar-refractivity contribution in [2.75, 3.05) is 20.2 Å². The van der Waals surface area contributed by atoms with Gasteiger partial charge in [0.25, 0.3) is 0 Å². The van der Waals surface area contributed by atoms with Gasteiger partial charge in [-0.25, -0.2) is 0 Å². The van der Waals surface area contributed by atoms with E-state index in [1.54, 1.807) is 0 Å². The van der Waals surface area contributed by atoms with Gasteiger partial charge in [0.2, 0.25) is 0 Å². The quantitative estimate of drug-likeness (QED) is 0.459. The summed E-state index contributed by atoms with van der Waals surface area (Å²) in [5.41, 5.74) is 0. The van der Waals surface area contributed by atoms with Crippen LogP contribution in [0.4, 0.5) is 0 Å². The Morgan fingerprint density at radius 3 is 3.00 bits per heavy atom. The van der Waals surface area contributed by atoms with Crippen LogP contribution in [0.25, 0.3) is 0 Å². The Bertz CT molecular complexity index is 56.7. The van der Waals surface area contributed by atoms with E-state index in [4.69, 9.17) is 14.2 Å². The molecular formula is C5H10O3. The van der Waals surface area contributed by atoms with Crippen LogP contribution in [0.2, 0.25) is 0 Å². The number of hydrogen-bond donors (Lipinski definition) is 0. The fourth-order valence-electron chi connectivity index (χ4n) is 0.519. The minimum absolute atomic E-state index is 0.178. The molecule has 8 heavy (non-hydrogen) atoms. The van der Waals surface area contributed by atoms with E-state index >= 15 is 0 Å². The zero-order valence-corrected chi connectivity index (χ0v) is 4.92. The first-order chi connectivity index (χ1) is 3.89. The zero-order chi connectivity index (χ0) is 5.82. The first kappa shape index (κ1) is 6.01. The molecule has 3 heteroatoms. The Labute approximate surface area is 48.5 Å². The largest absolute Gasteiger partial charge is 0.353 e. The summed E-state index contributed by atoms with van der Waals surface area (Å²) < 4.78 is 14.8. The standard InChI is InChI=1S/C5H10O3/c1-5-2-6-3-7-4-8-5/h5H,2-4H2,1H3. The van der Waals surface area contributed by atoms with Gasteiger partial charge >= 0.3 is 0 Å². The van der Waals surface area contributed by atoms with Crippen molar-refractivity contribution in [1.82, 2.24) is 0 Å². The van der Waals surface area contributed by atoms with E-state index in [9.17, 15) is 0 Å². The van der Waals surface area contributed by atoms with Crippen molar-refractivity contribution in [1.29, 1.82) is 0 Å². The van der Waals surface area contributed by atoms with Crippen molar-refractivity contribution in [2.24, 2.45) is 0 Å². The fraction of sp³-hybridized carbons (Fsp3) is 1.00. The highest BCUT2D eigenvalue weighted by Crippen LogP contribution is 1.96. The van der Waals surface area contributed by atoms with Crippen LogP contribution in [0.3, 0.4) is 0 Å². The van der Waals surface area contributed by atoms with Crippen LogP contribution in [0.1, 0.15) is 6.92 Å². The minimum Gasteiger partial charge on any atom is -0.353 e. The highest BCUT2D eigenvalue weighted by atomic mass is 16.8. The van der Waals surface area contributed by atoms with Gasteiger partial charge in [0.1, 0.15) is 13.6 Å². The Morgan fingerprint density at radius 2 is 2.12 bits per heavy atom. The lowest BCUT2D eigenvalue weighted by Crippen LogP contribution is -2.11. The van der Waals surface area contributed by atoms with Gasteiger partial charge in [-0.05, 0) is 6.92 Å². The number of ether oxygens (including phenoxy) is 3. The Hall–Kier alpha value is -0.120. The second-order valence-electron chi connectivity index (χ2n) is 1.79. The summed E-state index contributed by atoms with van der Waals surface area (Å²) in [5.74, 6) is 0. The second-order valence-corrected chi connectivity index (χ2v) is 1.79. The molecule has 1 aliphatic heterocycles. The maximum absolute atomic E-state index is 5.06. The molecule has 0 N–H and O–H groups in total. The SMILES string of the molecule is CC1COCOCO1. The van der Waals surface area contributed by atoms with Gasteiger partial charge in [0.15, 0.2) is 0 Å². The van der Waals surface area contributed by atoms with Crippen LogP contribution >= 0.6 is 0 Å². The van der Waals surface area contributed by atoms with Crippen LogP contribution < -0.4 is 0 Å². The molecule has 1 saturated heterocycles. The molecule has 0 aliphatic carbocycles. The molecule has 1 atom stereocenters. The summed E-state index contributed by atoms with van der Waals surface area (Å²) in [4.78, 5) is 0. The predicted octanol–water partition coefficient (Wildman–Crippen LogP) is 0.353. The zero-order valence-electron chi connectivity index (χ0n) is 4.92. The lowest BCUT2D eigenvalue weighted by atomic mass is 10.4. The molecule has 1 aliphatic rings. The summed E-state index contributed by atoms with van der Waals surface area (Å²) in [6, 6.07) is 0. The summed E-state index contributed by atoms with van der Waals surface area (Å²) in [5, 5.41) is 0. The van der Waals surface area contributed by atoms with E-state index in [1.807, 2.05) is 6.92 Å². The smallest absolute Gasteiger partial charge is 0.150 e. The van der Waals surface area contributed by atoms with Crippen LogP contribution in [0.15, 0.2) is 0 Å². The number of rotatable bonds is 0. The monoisotopic (exact) mass is 118 g/mol. The summed E-state index contributed by atoms with van der Waals surface area (Å²) in [6.45, 7) is 3.32. The predicted molar refractivity (Wildman–Crippen MR) is 27.3 cm³/mol. The van der Waals surface area contributed by atoms with Gasteiger partial charge in [0.05, 0.1) is 12.7 Å². The van der Waals surface area contributed by atoms with Gasteiger partial charge in [0, 0.05) is 0 Å². The average molecular weight is 118 g/mol. The molecule has 1 heterocycles. The van der Waals surface area contributed by atoms with Crippen molar-refractivity contribution in [2.45, 2.75) is 13.0 Å². The van der Waals surface area contributed by atoms with E-state index < -0.39 is 0 Å². The molecule has 0 aromatic rings. The molecule has 0 spiro atoms. The third kappa shape index (κ3) is 1.78. The van der Waals surface area contributed by atoms with Gasteiger partial charge < -0.3 is 14.2 Å². The van der Waals surface area contributed by atoms with Gasteiger partial charge in [-0.1, -0.05) is 0 Å². The molecule has 0 aromatic heterocycles. The Kier molecular flexibility index (Phi) is 2.27. The molecular weight excluding hydrogens is 108 g/mol. The molecule has 1 unspecified atom stereocenters. The van der Waals surface area contributed by atoms with Crippen molar-refractivity contribution in [3.8, 4) is 0 Å². The molecule has 1 rings (SSSR count).